The largest absolute Gasteiger partial charge is 0.336 e. The molecule has 1 amide bonds. The summed E-state index contributed by atoms with van der Waals surface area (Å²) in [6.07, 6.45) is 1.80. The fraction of sp³-hybridized carbons (Fsp3) is 0.111. The van der Waals surface area contributed by atoms with Crippen molar-refractivity contribution in [2.75, 3.05) is 7.05 Å². The van der Waals surface area contributed by atoms with Gasteiger partial charge in [0.2, 0.25) is 0 Å². The van der Waals surface area contributed by atoms with Crippen LogP contribution in [0.5, 0.6) is 0 Å². The number of halogens is 1. The number of rotatable bonds is 4. The zero-order valence-corrected chi connectivity index (χ0v) is 14.3. The van der Waals surface area contributed by atoms with E-state index >= 15 is 0 Å². The topological polar surface area (TPSA) is 38.1 Å². The van der Waals surface area contributed by atoms with E-state index in [0.717, 1.165) is 15.7 Å². The van der Waals surface area contributed by atoms with E-state index in [4.69, 9.17) is 0 Å². The molecule has 1 aromatic heterocycles. The van der Waals surface area contributed by atoms with Crippen LogP contribution < -0.4 is 0 Å². The number of carbonyl (C=O) groups excluding carboxylic acids is 1. The molecule has 0 saturated carbocycles. The molecule has 0 saturated heterocycles. The molecule has 0 N–H and O–H groups in total. The SMILES string of the molecule is CN(Cc1ccc(Br)cc1)C(=O)c1ccn(-c2ccccc2)n1. The molecule has 0 radical (unpaired) electrons. The molecule has 0 spiro atoms. The van der Waals surface area contributed by atoms with Crippen molar-refractivity contribution in [1.29, 1.82) is 0 Å². The van der Waals surface area contributed by atoms with Crippen molar-refractivity contribution in [3.05, 3.63) is 82.6 Å². The molecule has 0 aliphatic rings. The van der Waals surface area contributed by atoms with Gasteiger partial charge in [-0.15, -0.1) is 0 Å². The molecular weight excluding hydrogens is 354 g/mol. The molecule has 23 heavy (non-hydrogen) atoms. The second-order valence-corrected chi connectivity index (χ2v) is 6.18. The number of aromatic nitrogens is 2. The highest BCUT2D eigenvalue weighted by Crippen LogP contribution is 2.13. The quantitative estimate of drug-likeness (QED) is 0.699. The number of amides is 1. The lowest BCUT2D eigenvalue weighted by Crippen LogP contribution is -2.26. The second kappa shape index (κ2) is 6.79. The molecule has 0 atom stereocenters. The van der Waals surface area contributed by atoms with Gasteiger partial charge in [0.1, 0.15) is 0 Å². The molecule has 3 aromatic rings. The molecule has 3 rings (SSSR count). The first-order valence-corrected chi connectivity index (χ1v) is 8.04. The van der Waals surface area contributed by atoms with Gasteiger partial charge in [0.25, 0.3) is 5.91 Å². The number of hydrogen-bond donors (Lipinski definition) is 0. The van der Waals surface area contributed by atoms with Gasteiger partial charge in [-0.1, -0.05) is 46.3 Å². The monoisotopic (exact) mass is 369 g/mol. The minimum absolute atomic E-state index is 0.0948. The van der Waals surface area contributed by atoms with Crippen molar-refractivity contribution >= 4 is 21.8 Å². The van der Waals surface area contributed by atoms with E-state index in [0.29, 0.717) is 12.2 Å². The van der Waals surface area contributed by atoms with Crippen molar-refractivity contribution in [2.45, 2.75) is 6.54 Å². The number of para-hydroxylation sites is 1. The standard InChI is InChI=1S/C18H16BrN3O/c1-21(13-14-7-9-15(19)10-8-14)18(23)17-11-12-22(20-17)16-5-3-2-4-6-16/h2-12H,13H2,1H3. The summed E-state index contributed by atoms with van der Waals surface area (Å²) in [5, 5.41) is 4.38. The van der Waals surface area contributed by atoms with Gasteiger partial charge in [0, 0.05) is 24.3 Å². The molecule has 4 nitrogen and oxygen atoms in total. The first-order valence-electron chi connectivity index (χ1n) is 7.24. The van der Waals surface area contributed by atoms with Gasteiger partial charge in [0.05, 0.1) is 5.69 Å². The van der Waals surface area contributed by atoms with E-state index in [1.807, 2.05) is 54.6 Å². The lowest BCUT2D eigenvalue weighted by molar-refractivity contribution is 0.0779. The van der Waals surface area contributed by atoms with E-state index in [1.165, 1.54) is 0 Å². The number of nitrogens with zero attached hydrogens (tertiary/aromatic N) is 3. The third-order valence-corrected chi connectivity index (χ3v) is 4.04. The predicted octanol–water partition coefficient (Wildman–Crippen LogP) is 3.91. The minimum Gasteiger partial charge on any atom is -0.336 e. The third-order valence-electron chi connectivity index (χ3n) is 3.51. The van der Waals surface area contributed by atoms with E-state index in [1.54, 1.807) is 28.9 Å². The van der Waals surface area contributed by atoms with Crippen LogP contribution >= 0.6 is 15.9 Å². The Morgan fingerprint density at radius 2 is 1.78 bits per heavy atom. The second-order valence-electron chi connectivity index (χ2n) is 5.27. The maximum Gasteiger partial charge on any atom is 0.274 e. The summed E-state index contributed by atoms with van der Waals surface area (Å²) in [4.78, 5) is 14.2. The Hall–Kier alpha value is -2.40. The summed E-state index contributed by atoms with van der Waals surface area (Å²) in [6, 6.07) is 19.4. The van der Waals surface area contributed by atoms with Crippen LogP contribution in [0, 0.1) is 0 Å². The average Bonchev–Trinajstić information content (AvgIpc) is 3.07. The third kappa shape index (κ3) is 3.68. The average molecular weight is 370 g/mol. The predicted molar refractivity (Wildman–Crippen MR) is 93.5 cm³/mol. The molecule has 1 heterocycles. The molecule has 0 bridgehead atoms. The summed E-state index contributed by atoms with van der Waals surface area (Å²) in [5.74, 6) is -0.0948. The number of benzene rings is 2. The zero-order chi connectivity index (χ0) is 16.2. The minimum atomic E-state index is -0.0948. The zero-order valence-electron chi connectivity index (χ0n) is 12.7. The van der Waals surface area contributed by atoms with E-state index in [2.05, 4.69) is 21.0 Å². The highest BCUT2D eigenvalue weighted by Gasteiger charge is 2.15. The maximum absolute atomic E-state index is 12.5. The summed E-state index contributed by atoms with van der Waals surface area (Å²) >= 11 is 3.41. The van der Waals surface area contributed by atoms with Crippen molar-refractivity contribution in [3.8, 4) is 5.69 Å². The smallest absolute Gasteiger partial charge is 0.274 e. The first kappa shape index (κ1) is 15.5. The van der Waals surface area contributed by atoms with Crippen molar-refractivity contribution in [3.63, 3.8) is 0 Å². The Kier molecular flexibility index (Phi) is 4.57. The fourth-order valence-corrected chi connectivity index (χ4v) is 2.56. The molecule has 0 aliphatic heterocycles. The highest BCUT2D eigenvalue weighted by atomic mass is 79.9. The fourth-order valence-electron chi connectivity index (χ4n) is 2.29. The number of carbonyl (C=O) groups is 1. The van der Waals surface area contributed by atoms with E-state index in [-0.39, 0.29) is 5.91 Å². The molecular formula is C18H16BrN3O. The van der Waals surface area contributed by atoms with Gasteiger partial charge in [-0.25, -0.2) is 4.68 Å². The lowest BCUT2D eigenvalue weighted by Gasteiger charge is -2.16. The lowest BCUT2D eigenvalue weighted by atomic mass is 10.2. The maximum atomic E-state index is 12.5. The van der Waals surface area contributed by atoms with Gasteiger partial charge >= 0.3 is 0 Å². The number of hydrogen-bond acceptors (Lipinski definition) is 2. The van der Waals surface area contributed by atoms with Crippen LogP contribution in [0.25, 0.3) is 5.69 Å². The van der Waals surface area contributed by atoms with Crippen LogP contribution in [-0.4, -0.2) is 27.6 Å². The first-order chi connectivity index (χ1) is 11.1. The normalized spacial score (nSPS) is 10.5. The van der Waals surface area contributed by atoms with Gasteiger partial charge in [-0.2, -0.15) is 5.10 Å². The Labute approximate surface area is 143 Å². The van der Waals surface area contributed by atoms with Gasteiger partial charge in [0.15, 0.2) is 5.69 Å². The molecule has 116 valence electrons. The van der Waals surface area contributed by atoms with Gasteiger partial charge in [-0.05, 0) is 35.9 Å². The molecule has 0 fully saturated rings. The van der Waals surface area contributed by atoms with E-state index in [9.17, 15) is 4.79 Å². The van der Waals surface area contributed by atoms with Gasteiger partial charge < -0.3 is 4.90 Å². The highest BCUT2D eigenvalue weighted by molar-refractivity contribution is 9.10. The summed E-state index contributed by atoms with van der Waals surface area (Å²) in [7, 11) is 1.78. The molecule has 5 heteroatoms. The van der Waals surface area contributed by atoms with Crippen molar-refractivity contribution in [2.24, 2.45) is 0 Å². The van der Waals surface area contributed by atoms with Crippen molar-refractivity contribution in [1.82, 2.24) is 14.7 Å². The molecule has 0 unspecified atom stereocenters. The summed E-state index contributed by atoms with van der Waals surface area (Å²) in [5.41, 5.74) is 2.45. The Morgan fingerprint density at radius 3 is 2.48 bits per heavy atom. The molecule has 2 aromatic carbocycles. The Morgan fingerprint density at radius 1 is 1.09 bits per heavy atom. The van der Waals surface area contributed by atoms with Gasteiger partial charge in [-0.3, -0.25) is 4.79 Å². The Balaban J connectivity index is 1.72. The van der Waals surface area contributed by atoms with Crippen LogP contribution in [0.1, 0.15) is 16.1 Å². The van der Waals surface area contributed by atoms with Crippen LogP contribution in [-0.2, 0) is 6.54 Å². The van der Waals surface area contributed by atoms with Crippen LogP contribution in [0.3, 0.4) is 0 Å². The Bertz CT molecular complexity index is 797. The van der Waals surface area contributed by atoms with Crippen LogP contribution in [0.4, 0.5) is 0 Å². The van der Waals surface area contributed by atoms with E-state index < -0.39 is 0 Å². The summed E-state index contributed by atoms with van der Waals surface area (Å²) < 4.78 is 2.73. The van der Waals surface area contributed by atoms with Crippen LogP contribution in [0.2, 0.25) is 0 Å². The van der Waals surface area contributed by atoms with Crippen molar-refractivity contribution < 1.29 is 4.79 Å². The molecule has 0 aliphatic carbocycles. The van der Waals surface area contributed by atoms with Crippen LogP contribution in [0.15, 0.2) is 71.3 Å². The summed E-state index contributed by atoms with van der Waals surface area (Å²) in [6.45, 7) is 0.546.